The van der Waals surface area contributed by atoms with Crippen LogP contribution in [-0.4, -0.2) is 12.1 Å². The van der Waals surface area contributed by atoms with Crippen molar-refractivity contribution in [2.45, 2.75) is 33.1 Å². The highest BCUT2D eigenvalue weighted by molar-refractivity contribution is 5.88. The van der Waals surface area contributed by atoms with Crippen LogP contribution in [0.3, 0.4) is 0 Å². The Kier molecular flexibility index (Phi) is 4.70. The van der Waals surface area contributed by atoms with Gasteiger partial charge in [0.15, 0.2) is 5.43 Å². The van der Waals surface area contributed by atoms with E-state index in [-0.39, 0.29) is 5.43 Å². The molecule has 0 amide bonds. The van der Waals surface area contributed by atoms with Crippen LogP contribution in [-0.2, 0) is 6.42 Å². The summed E-state index contributed by atoms with van der Waals surface area (Å²) in [6, 6.07) is 11.8. The molecule has 0 aliphatic carbocycles. The first-order chi connectivity index (χ1) is 11.7. The largest absolute Gasteiger partial charge is 0.497 e. The second-order valence-electron chi connectivity index (χ2n) is 6.16. The first-order valence-corrected chi connectivity index (χ1v) is 8.44. The number of hydrogen-bond donors (Lipinski definition) is 1. The third kappa shape index (κ3) is 2.94. The van der Waals surface area contributed by atoms with Crippen molar-refractivity contribution < 1.29 is 4.74 Å². The molecule has 1 N–H and O–H groups in total. The van der Waals surface area contributed by atoms with Crippen molar-refractivity contribution in [1.82, 2.24) is 4.98 Å². The van der Waals surface area contributed by atoms with Crippen molar-refractivity contribution in [3.8, 4) is 16.9 Å². The lowest BCUT2D eigenvalue weighted by molar-refractivity contribution is 0.415. The molecule has 0 unspecified atom stereocenters. The van der Waals surface area contributed by atoms with Gasteiger partial charge in [-0.25, -0.2) is 0 Å². The van der Waals surface area contributed by atoms with Crippen molar-refractivity contribution in [2.24, 2.45) is 0 Å². The van der Waals surface area contributed by atoms with Crippen LogP contribution in [0, 0.1) is 6.92 Å². The molecule has 0 bridgehead atoms. The van der Waals surface area contributed by atoms with E-state index in [1.807, 2.05) is 37.4 Å². The van der Waals surface area contributed by atoms with E-state index in [1.54, 1.807) is 7.11 Å². The van der Waals surface area contributed by atoms with E-state index in [0.29, 0.717) is 5.56 Å². The quantitative estimate of drug-likeness (QED) is 0.729. The highest BCUT2D eigenvalue weighted by Crippen LogP contribution is 2.24. The number of benzene rings is 2. The first kappa shape index (κ1) is 16.3. The molecule has 0 saturated carbocycles. The lowest BCUT2D eigenvalue weighted by atomic mass is 9.97. The van der Waals surface area contributed by atoms with Crippen LogP contribution >= 0.6 is 0 Å². The Morgan fingerprint density at radius 2 is 1.83 bits per heavy atom. The van der Waals surface area contributed by atoms with Gasteiger partial charge in [0.05, 0.1) is 12.6 Å². The molecule has 1 aromatic heterocycles. The van der Waals surface area contributed by atoms with Crippen LogP contribution in [0.25, 0.3) is 22.0 Å². The summed E-state index contributed by atoms with van der Waals surface area (Å²) in [5.41, 5.74) is 4.89. The van der Waals surface area contributed by atoms with Crippen molar-refractivity contribution in [2.75, 3.05) is 7.11 Å². The van der Waals surface area contributed by atoms with Gasteiger partial charge in [0.1, 0.15) is 5.75 Å². The van der Waals surface area contributed by atoms with E-state index in [9.17, 15) is 4.79 Å². The molecule has 3 nitrogen and oxygen atoms in total. The number of methoxy groups -OCH3 is 1. The van der Waals surface area contributed by atoms with E-state index >= 15 is 0 Å². The summed E-state index contributed by atoms with van der Waals surface area (Å²) in [4.78, 5) is 16.5. The maximum atomic E-state index is 13.1. The Bertz CT molecular complexity index is 908. The summed E-state index contributed by atoms with van der Waals surface area (Å²) in [5.74, 6) is 0.786. The Morgan fingerprint density at radius 1 is 1.08 bits per heavy atom. The Morgan fingerprint density at radius 3 is 2.50 bits per heavy atom. The smallest absolute Gasteiger partial charge is 0.197 e. The number of ether oxygens (including phenoxy) is 1. The average Bonchev–Trinajstić information content (AvgIpc) is 2.61. The fourth-order valence-electron chi connectivity index (χ4n) is 3.11. The fraction of sp³-hybridized carbons (Fsp3) is 0.286. The minimum atomic E-state index is 0.0877. The molecule has 124 valence electrons. The molecule has 0 saturated heterocycles. The van der Waals surface area contributed by atoms with E-state index in [0.717, 1.165) is 47.0 Å². The van der Waals surface area contributed by atoms with Gasteiger partial charge in [-0.05, 0) is 48.6 Å². The van der Waals surface area contributed by atoms with E-state index in [2.05, 4.69) is 24.0 Å². The minimum absolute atomic E-state index is 0.0877. The lowest BCUT2D eigenvalue weighted by Crippen LogP contribution is -2.09. The Labute approximate surface area is 142 Å². The average molecular weight is 321 g/mol. The summed E-state index contributed by atoms with van der Waals surface area (Å²) in [5, 5.41) is 0.803. The molecular weight excluding hydrogens is 298 g/mol. The van der Waals surface area contributed by atoms with Crippen LogP contribution < -0.4 is 10.2 Å². The van der Waals surface area contributed by atoms with Crippen molar-refractivity contribution in [1.29, 1.82) is 0 Å². The number of pyridine rings is 1. The third-order valence-electron chi connectivity index (χ3n) is 4.53. The fourth-order valence-corrected chi connectivity index (χ4v) is 3.11. The van der Waals surface area contributed by atoms with Crippen LogP contribution in [0.4, 0.5) is 0 Å². The Balaban J connectivity index is 2.16. The molecule has 24 heavy (non-hydrogen) atoms. The normalized spacial score (nSPS) is 11.0. The van der Waals surface area contributed by atoms with Gasteiger partial charge in [-0.1, -0.05) is 37.6 Å². The Hall–Kier alpha value is -2.55. The standard InChI is InChI=1S/C21H23NO2/c1-4-5-6-16-8-7-14(2)19-20(16)22-13-18(21(19)23)15-9-11-17(24-3)12-10-15/h7-13H,4-6H2,1-3H3,(H,22,23). The highest BCUT2D eigenvalue weighted by Gasteiger charge is 2.12. The molecule has 0 aliphatic heterocycles. The molecule has 3 aromatic rings. The predicted octanol–water partition coefficient (Wildman–Crippen LogP) is 4.85. The third-order valence-corrected chi connectivity index (χ3v) is 4.53. The van der Waals surface area contributed by atoms with Gasteiger partial charge in [-0.15, -0.1) is 0 Å². The maximum Gasteiger partial charge on any atom is 0.197 e. The number of aryl methyl sites for hydroxylation is 2. The molecule has 3 rings (SSSR count). The summed E-state index contributed by atoms with van der Waals surface area (Å²) < 4.78 is 5.19. The van der Waals surface area contributed by atoms with Gasteiger partial charge in [0.25, 0.3) is 0 Å². The minimum Gasteiger partial charge on any atom is -0.497 e. The maximum absolute atomic E-state index is 13.1. The van der Waals surface area contributed by atoms with Crippen LogP contribution in [0.15, 0.2) is 47.4 Å². The topological polar surface area (TPSA) is 42.1 Å². The number of aromatic amines is 1. The number of unbranched alkanes of at least 4 members (excludes halogenated alkanes) is 1. The van der Waals surface area contributed by atoms with E-state index < -0.39 is 0 Å². The van der Waals surface area contributed by atoms with Gasteiger partial charge in [0.2, 0.25) is 0 Å². The zero-order valence-electron chi connectivity index (χ0n) is 14.5. The highest BCUT2D eigenvalue weighted by atomic mass is 16.5. The van der Waals surface area contributed by atoms with E-state index in [4.69, 9.17) is 4.74 Å². The summed E-state index contributed by atoms with van der Waals surface area (Å²) in [6.07, 6.45) is 5.09. The summed E-state index contributed by atoms with van der Waals surface area (Å²) in [7, 11) is 1.64. The number of fused-ring (bicyclic) bond motifs is 1. The van der Waals surface area contributed by atoms with Gasteiger partial charge < -0.3 is 9.72 Å². The van der Waals surface area contributed by atoms with Crippen LogP contribution in [0.2, 0.25) is 0 Å². The zero-order valence-corrected chi connectivity index (χ0v) is 14.5. The molecule has 0 fully saturated rings. The first-order valence-electron chi connectivity index (χ1n) is 8.44. The number of aromatic nitrogens is 1. The molecular formula is C21H23NO2. The molecule has 0 atom stereocenters. The number of H-pyrrole nitrogens is 1. The molecule has 1 heterocycles. The summed E-state index contributed by atoms with van der Waals surface area (Å²) in [6.45, 7) is 4.18. The van der Waals surface area contributed by atoms with Crippen LogP contribution in [0.1, 0.15) is 30.9 Å². The molecule has 0 spiro atoms. The lowest BCUT2D eigenvalue weighted by Gasteiger charge is -2.11. The van der Waals surface area contributed by atoms with Crippen molar-refractivity contribution >= 4 is 10.9 Å². The van der Waals surface area contributed by atoms with Gasteiger partial charge in [0, 0.05) is 17.1 Å². The van der Waals surface area contributed by atoms with Crippen molar-refractivity contribution in [3.05, 3.63) is 63.9 Å². The molecule has 3 heteroatoms. The van der Waals surface area contributed by atoms with Gasteiger partial charge in [-0.2, -0.15) is 0 Å². The predicted molar refractivity (Wildman–Crippen MR) is 99.9 cm³/mol. The van der Waals surface area contributed by atoms with Crippen LogP contribution in [0.5, 0.6) is 5.75 Å². The second-order valence-corrected chi connectivity index (χ2v) is 6.16. The monoisotopic (exact) mass is 321 g/mol. The SMILES string of the molecule is CCCCc1ccc(C)c2c(=O)c(-c3ccc(OC)cc3)c[nH]c12. The summed E-state index contributed by atoms with van der Waals surface area (Å²) >= 11 is 0. The number of nitrogens with one attached hydrogen (secondary N) is 1. The molecule has 0 radical (unpaired) electrons. The molecule has 0 aliphatic rings. The van der Waals surface area contributed by atoms with E-state index in [1.165, 1.54) is 5.56 Å². The van der Waals surface area contributed by atoms with Gasteiger partial charge >= 0.3 is 0 Å². The molecule has 2 aromatic carbocycles. The number of hydrogen-bond acceptors (Lipinski definition) is 2. The number of rotatable bonds is 5. The van der Waals surface area contributed by atoms with Crippen molar-refractivity contribution in [3.63, 3.8) is 0 Å². The van der Waals surface area contributed by atoms with Gasteiger partial charge in [-0.3, -0.25) is 4.79 Å². The zero-order chi connectivity index (χ0) is 17.1. The second kappa shape index (κ2) is 6.91.